The number of nitrogens with zero attached hydrogens (tertiary/aromatic N) is 1. The molecular weight excluding hydrogens is 494 g/mol. The zero-order valence-corrected chi connectivity index (χ0v) is 22.1. The first-order valence-corrected chi connectivity index (χ1v) is 12.8. The highest BCUT2D eigenvalue weighted by atomic mass is 32.1. The van der Waals surface area contributed by atoms with Crippen LogP contribution >= 0.6 is 23.6 Å². The standard InChI is InChI=1S/C27H29N3O4S2/c1-32-21-7-8-23-19(15-21)14-20(26(31)29-23)16-30(17-22-5-4-12-36-22)27(35)28-11-10-18-6-9-24(33-2)25(13-18)34-3/h4-9,12-15H,10-11,16-17H2,1-3H3,(H,28,35)(H,29,31). The van der Waals surface area contributed by atoms with Crippen molar-refractivity contribution in [3.8, 4) is 17.2 Å². The SMILES string of the molecule is COc1ccc2[nH]c(=O)c(CN(Cc3cccs3)C(=S)NCCc3ccc(OC)c(OC)c3)cc2c1. The molecule has 2 N–H and O–H groups in total. The molecule has 4 rings (SSSR count). The first kappa shape index (κ1) is 25.5. The average molecular weight is 524 g/mol. The third kappa shape index (κ3) is 6.16. The Morgan fingerprint density at radius 1 is 1.00 bits per heavy atom. The first-order chi connectivity index (χ1) is 17.5. The van der Waals surface area contributed by atoms with Crippen LogP contribution in [0.15, 0.2) is 64.8 Å². The Balaban J connectivity index is 1.49. The van der Waals surface area contributed by atoms with E-state index in [9.17, 15) is 4.79 Å². The third-order valence-corrected chi connectivity index (χ3v) is 7.11. The van der Waals surface area contributed by atoms with Gasteiger partial charge in [-0.15, -0.1) is 11.3 Å². The summed E-state index contributed by atoms with van der Waals surface area (Å²) in [6, 6.07) is 17.5. The summed E-state index contributed by atoms with van der Waals surface area (Å²) in [6.07, 6.45) is 0.754. The van der Waals surface area contributed by atoms with Crippen molar-refractivity contribution in [2.24, 2.45) is 0 Å². The summed E-state index contributed by atoms with van der Waals surface area (Å²) in [6.45, 7) is 1.62. The monoisotopic (exact) mass is 523 g/mol. The number of pyridine rings is 1. The summed E-state index contributed by atoms with van der Waals surface area (Å²) in [5, 5.41) is 6.90. The van der Waals surface area contributed by atoms with Crippen LogP contribution in [-0.2, 0) is 19.5 Å². The Morgan fingerprint density at radius 3 is 2.56 bits per heavy atom. The van der Waals surface area contributed by atoms with Gasteiger partial charge in [0.2, 0.25) is 0 Å². The van der Waals surface area contributed by atoms with E-state index >= 15 is 0 Å². The van der Waals surface area contributed by atoms with Crippen LogP contribution in [0.2, 0.25) is 0 Å². The highest BCUT2D eigenvalue weighted by Crippen LogP contribution is 2.27. The van der Waals surface area contributed by atoms with Crippen LogP contribution < -0.4 is 25.1 Å². The maximum Gasteiger partial charge on any atom is 0.253 e. The predicted molar refractivity (Wildman–Crippen MR) is 149 cm³/mol. The number of hydrogen-bond acceptors (Lipinski definition) is 6. The number of thiocarbonyl (C=S) groups is 1. The number of H-pyrrole nitrogens is 1. The van der Waals surface area contributed by atoms with E-state index in [4.69, 9.17) is 26.4 Å². The fourth-order valence-electron chi connectivity index (χ4n) is 3.93. The van der Waals surface area contributed by atoms with E-state index < -0.39 is 0 Å². The molecule has 0 amide bonds. The maximum atomic E-state index is 12.9. The number of aromatic amines is 1. The number of ether oxygens (including phenoxy) is 3. The molecule has 36 heavy (non-hydrogen) atoms. The molecule has 0 unspecified atom stereocenters. The molecule has 0 saturated carbocycles. The van der Waals surface area contributed by atoms with E-state index in [1.165, 1.54) is 0 Å². The van der Waals surface area contributed by atoms with E-state index in [2.05, 4.69) is 16.4 Å². The van der Waals surface area contributed by atoms with Crippen LogP contribution in [0.25, 0.3) is 10.9 Å². The summed E-state index contributed by atoms with van der Waals surface area (Å²) < 4.78 is 16.1. The van der Waals surface area contributed by atoms with E-state index in [1.807, 2.05) is 58.8 Å². The summed E-state index contributed by atoms with van der Waals surface area (Å²) in [5.41, 5.74) is 2.38. The largest absolute Gasteiger partial charge is 0.497 e. The Labute approximate surface area is 219 Å². The van der Waals surface area contributed by atoms with Gasteiger partial charge in [0, 0.05) is 27.9 Å². The zero-order chi connectivity index (χ0) is 25.5. The molecule has 188 valence electrons. The minimum absolute atomic E-state index is 0.128. The molecule has 2 aromatic carbocycles. The van der Waals surface area contributed by atoms with Gasteiger partial charge in [0.25, 0.3) is 5.56 Å². The van der Waals surface area contributed by atoms with Crippen molar-refractivity contribution in [1.82, 2.24) is 15.2 Å². The topological polar surface area (TPSA) is 75.8 Å². The lowest BCUT2D eigenvalue weighted by Crippen LogP contribution is -2.40. The molecular formula is C27H29N3O4S2. The van der Waals surface area contributed by atoms with E-state index in [1.54, 1.807) is 32.7 Å². The van der Waals surface area contributed by atoms with Gasteiger partial charge in [-0.2, -0.15) is 0 Å². The van der Waals surface area contributed by atoms with Crippen LogP contribution in [0.5, 0.6) is 17.2 Å². The molecule has 0 aliphatic rings. The highest BCUT2D eigenvalue weighted by Gasteiger charge is 2.15. The highest BCUT2D eigenvalue weighted by molar-refractivity contribution is 7.80. The Bertz CT molecular complexity index is 1390. The lowest BCUT2D eigenvalue weighted by atomic mass is 10.1. The minimum Gasteiger partial charge on any atom is -0.497 e. The summed E-state index contributed by atoms with van der Waals surface area (Å²) in [7, 11) is 4.88. The predicted octanol–water partition coefficient (Wildman–Crippen LogP) is 4.73. The van der Waals surface area contributed by atoms with Gasteiger partial charge in [0.1, 0.15) is 5.75 Å². The van der Waals surface area contributed by atoms with Gasteiger partial charge in [-0.05, 0) is 72.0 Å². The molecule has 9 heteroatoms. The van der Waals surface area contributed by atoms with Gasteiger partial charge < -0.3 is 29.4 Å². The van der Waals surface area contributed by atoms with Gasteiger partial charge in [0.15, 0.2) is 16.6 Å². The number of aromatic nitrogens is 1. The molecule has 0 atom stereocenters. The smallest absolute Gasteiger partial charge is 0.253 e. The number of rotatable bonds is 10. The first-order valence-electron chi connectivity index (χ1n) is 11.5. The molecule has 0 spiro atoms. The van der Waals surface area contributed by atoms with E-state index in [0.717, 1.165) is 33.5 Å². The third-order valence-electron chi connectivity index (χ3n) is 5.84. The number of fused-ring (bicyclic) bond motifs is 1. The molecule has 0 fully saturated rings. The number of benzene rings is 2. The summed E-state index contributed by atoms with van der Waals surface area (Å²) >= 11 is 7.43. The molecule has 0 aliphatic heterocycles. The number of thiophene rings is 1. The van der Waals surface area contributed by atoms with Gasteiger partial charge in [-0.1, -0.05) is 12.1 Å². The summed E-state index contributed by atoms with van der Waals surface area (Å²) in [5.74, 6) is 2.14. The quantitative estimate of drug-likeness (QED) is 0.291. The van der Waals surface area contributed by atoms with Gasteiger partial charge in [-0.3, -0.25) is 4.79 Å². The molecule has 4 aromatic rings. The van der Waals surface area contributed by atoms with Crippen molar-refractivity contribution >= 4 is 39.6 Å². The number of methoxy groups -OCH3 is 3. The van der Waals surface area contributed by atoms with Crippen molar-refractivity contribution in [3.05, 3.63) is 86.3 Å². The number of hydrogen-bond donors (Lipinski definition) is 2. The van der Waals surface area contributed by atoms with Gasteiger partial charge in [0.05, 0.1) is 34.4 Å². The molecule has 2 aromatic heterocycles. The lowest BCUT2D eigenvalue weighted by Gasteiger charge is -2.25. The Morgan fingerprint density at radius 2 is 1.83 bits per heavy atom. The molecule has 0 aliphatic carbocycles. The Kier molecular flexibility index (Phi) is 8.45. The van der Waals surface area contributed by atoms with Crippen LogP contribution in [0.1, 0.15) is 16.0 Å². The zero-order valence-electron chi connectivity index (χ0n) is 20.5. The van der Waals surface area contributed by atoms with Gasteiger partial charge in [-0.25, -0.2) is 0 Å². The molecule has 7 nitrogen and oxygen atoms in total. The minimum atomic E-state index is -0.128. The van der Waals surface area contributed by atoms with Crippen LogP contribution in [0.4, 0.5) is 0 Å². The molecule has 2 heterocycles. The van der Waals surface area contributed by atoms with E-state index in [0.29, 0.717) is 41.8 Å². The van der Waals surface area contributed by atoms with Crippen LogP contribution in [0, 0.1) is 0 Å². The van der Waals surface area contributed by atoms with Crippen LogP contribution in [0.3, 0.4) is 0 Å². The van der Waals surface area contributed by atoms with E-state index in [-0.39, 0.29) is 5.56 Å². The van der Waals surface area contributed by atoms with Crippen molar-refractivity contribution in [1.29, 1.82) is 0 Å². The van der Waals surface area contributed by atoms with Crippen molar-refractivity contribution in [2.75, 3.05) is 27.9 Å². The van der Waals surface area contributed by atoms with Crippen LogP contribution in [-0.4, -0.2) is 42.9 Å². The lowest BCUT2D eigenvalue weighted by molar-refractivity contribution is 0.354. The fraction of sp³-hybridized carbons (Fsp3) is 0.259. The summed E-state index contributed by atoms with van der Waals surface area (Å²) in [4.78, 5) is 19.0. The number of nitrogens with one attached hydrogen (secondary N) is 2. The van der Waals surface area contributed by atoms with Crippen molar-refractivity contribution < 1.29 is 14.2 Å². The maximum absolute atomic E-state index is 12.9. The Hall–Kier alpha value is -3.56. The molecule has 0 bridgehead atoms. The average Bonchev–Trinajstić information content (AvgIpc) is 3.41. The van der Waals surface area contributed by atoms with Crippen molar-refractivity contribution in [3.63, 3.8) is 0 Å². The molecule has 0 saturated heterocycles. The van der Waals surface area contributed by atoms with Crippen molar-refractivity contribution in [2.45, 2.75) is 19.5 Å². The fourth-order valence-corrected chi connectivity index (χ4v) is 4.88. The molecule has 0 radical (unpaired) electrons. The second-order valence-electron chi connectivity index (χ2n) is 8.18. The normalized spacial score (nSPS) is 10.8. The van der Waals surface area contributed by atoms with Gasteiger partial charge >= 0.3 is 0 Å². The second kappa shape index (κ2) is 11.9. The second-order valence-corrected chi connectivity index (χ2v) is 9.60.